The largest absolute Gasteiger partial charge is 0.495 e. The summed E-state index contributed by atoms with van der Waals surface area (Å²) < 4.78 is 44.8. The van der Waals surface area contributed by atoms with E-state index in [0.29, 0.717) is 41.7 Å². The van der Waals surface area contributed by atoms with Crippen molar-refractivity contribution in [2.45, 2.75) is 11.8 Å². The zero-order valence-electron chi connectivity index (χ0n) is 17.5. The van der Waals surface area contributed by atoms with Crippen molar-refractivity contribution in [3.63, 3.8) is 0 Å². The van der Waals surface area contributed by atoms with E-state index in [1.165, 1.54) is 25.3 Å². The fraction of sp³-hybridized carbons (Fsp3) is 0.174. The summed E-state index contributed by atoms with van der Waals surface area (Å²) in [7, 11) is -2.50. The summed E-state index contributed by atoms with van der Waals surface area (Å²) in [5.74, 6) is 1.00. The fourth-order valence-electron chi connectivity index (χ4n) is 3.29. The highest BCUT2D eigenvalue weighted by atomic mass is 32.2. The number of carbonyl (C=O) groups excluding carboxylic acids is 1. The number of benzene rings is 3. The smallest absolute Gasteiger partial charge is 0.261 e. The second-order valence-electron chi connectivity index (χ2n) is 7.10. The molecule has 0 saturated heterocycles. The molecule has 1 heterocycles. The van der Waals surface area contributed by atoms with Crippen LogP contribution in [0.15, 0.2) is 65.6 Å². The molecule has 1 aliphatic heterocycles. The van der Waals surface area contributed by atoms with Gasteiger partial charge in [0.15, 0.2) is 11.5 Å². The van der Waals surface area contributed by atoms with Crippen LogP contribution in [0.2, 0.25) is 0 Å². The quantitative estimate of drug-likeness (QED) is 0.587. The molecule has 0 unspecified atom stereocenters. The summed E-state index contributed by atoms with van der Waals surface area (Å²) in [4.78, 5) is 12.7. The van der Waals surface area contributed by atoms with Crippen molar-refractivity contribution in [1.29, 1.82) is 0 Å². The van der Waals surface area contributed by atoms with Crippen molar-refractivity contribution in [2.24, 2.45) is 0 Å². The maximum absolute atomic E-state index is 13.0. The van der Waals surface area contributed by atoms with Crippen LogP contribution in [0.3, 0.4) is 0 Å². The Morgan fingerprint density at radius 3 is 2.47 bits per heavy atom. The summed E-state index contributed by atoms with van der Waals surface area (Å²) in [6, 6.07) is 16.2. The van der Waals surface area contributed by atoms with Gasteiger partial charge in [-0.25, -0.2) is 8.42 Å². The number of hydrogen-bond donors (Lipinski definition) is 2. The van der Waals surface area contributed by atoms with E-state index in [-0.39, 0.29) is 16.5 Å². The Morgan fingerprint density at radius 2 is 1.72 bits per heavy atom. The van der Waals surface area contributed by atoms with Crippen LogP contribution < -0.4 is 24.2 Å². The van der Waals surface area contributed by atoms with Gasteiger partial charge in [0, 0.05) is 11.6 Å². The third-order valence-electron chi connectivity index (χ3n) is 4.91. The Morgan fingerprint density at radius 1 is 0.969 bits per heavy atom. The number of methoxy groups -OCH3 is 1. The number of fused-ring (bicyclic) bond motifs is 1. The van der Waals surface area contributed by atoms with Crippen LogP contribution >= 0.6 is 0 Å². The van der Waals surface area contributed by atoms with Gasteiger partial charge < -0.3 is 19.5 Å². The molecule has 0 aromatic heterocycles. The van der Waals surface area contributed by atoms with E-state index in [1.807, 2.05) is 19.1 Å². The molecule has 32 heavy (non-hydrogen) atoms. The van der Waals surface area contributed by atoms with Crippen molar-refractivity contribution in [3.8, 4) is 17.2 Å². The van der Waals surface area contributed by atoms with Crippen molar-refractivity contribution >= 4 is 27.3 Å². The van der Waals surface area contributed by atoms with Crippen molar-refractivity contribution < 1.29 is 27.4 Å². The van der Waals surface area contributed by atoms with Gasteiger partial charge in [0.1, 0.15) is 19.0 Å². The van der Waals surface area contributed by atoms with Crippen LogP contribution in [-0.4, -0.2) is 34.6 Å². The van der Waals surface area contributed by atoms with E-state index in [0.717, 1.165) is 5.56 Å². The van der Waals surface area contributed by atoms with Gasteiger partial charge in [0.2, 0.25) is 0 Å². The predicted molar refractivity (Wildman–Crippen MR) is 120 cm³/mol. The molecule has 0 radical (unpaired) electrons. The number of aryl methyl sites for hydroxylation is 1. The zero-order valence-corrected chi connectivity index (χ0v) is 18.4. The number of anilines is 2. The Hall–Kier alpha value is -3.72. The molecule has 3 aromatic carbocycles. The number of carbonyl (C=O) groups is 1. The molecule has 0 bridgehead atoms. The molecule has 0 fully saturated rings. The lowest BCUT2D eigenvalue weighted by Gasteiger charge is -2.19. The van der Waals surface area contributed by atoms with Crippen LogP contribution in [0.25, 0.3) is 0 Å². The van der Waals surface area contributed by atoms with E-state index in [2.05, 4.69) is 10.0 Å². The molecule has 2 N–H and O–H groups in total. The molecule has 4 rings (SSSR count). The van der Waals surface area contributed by atoms with Gasteiger partial charge >= 0.3 is 0 Å². The maximum atomic E-state index is 13.0. The second kappa shape index (κ2) is 8.80. The Bertz CT molecular complexity index is 1270. The Labute approximate surface area is 186 Å². The minimum Gasteiger partial charge on any atom is -0.495 e. The van der Waals surface area contributed by atoms with E-state index < -0.39 is 10.0 Å². The number of hydrogen-bond acceptors (Lipinski definition) is 6. The van der Waals surface area contributed by atoms with Crippen molar-refractivity contribution in [1.82, 2.24) is 0 Å². The first-order chi connectivity index (χ1) is 15.4. The standard InChI is InChI=1S/C23H22N2O6S/c1-15-5-3-4-6-18(15)23(26)24-19-14-17(8-10-20(19)29-2)32(27,28)25-16-7-9-21-22(13-16)31-12-11-30-21/h3-10,13-14,25H,11-12H2,1-2H3,(H,24,26). The highest BCUT2D eigenvalue weighted by Crippen LogP contribution is 2.34. The van der Waals surface area contributed by atoms with Crippen LogP contribution in [0.4, 0.5) is 11.4 Å². The van der Waals surface area contributed by atoms with Gasteiger partial charge in [-0.05, 0) is 48.9 Å². The van der Waals surface area contributed by atoms with Crippen LogP contribution in [-0.2, 0) is 10.0 Å². The molecule has 8 nitrogen and oxygen atoms in total. The summed E-state index contributed by atoms with van der Waals surface area (Å²) in [5, 5.41) is 2.74. The van der Waals surface area contributed by atoms with Gasteiger partial charge in [-0.3, -0.25) is 9.52 Å². The van der Waals surface area contributed by atoms with E-state index in [9.17, 15) is 13.2 Å². The third kappa shape index (κ3) is 4.47. The van der Waals surface area contributed by atoms with E-state index in [4.69, 9.17) is 14.2 Å². The second-order valence-corrected chi connectivity index (χ2v) is 8.78. The lowest BCUT2D eigenvalue weighted by atomic mass is 10.1. The molecular weight excluding hydrogens is 432 g/mol. The summed E-state index contributed by atoms with van der Waals surface area (Å²) in [5.41, 5.74) is 1.85. The molecule has 0 saturated carbocycles. The topological polar surface area (TPSA) is 103 Å². The van der Waals surface area contributed by atoms with Gasteiger partial charge in [0.05, 0.1) is 23.4 Å². The van der Waals surface area contributed by atoms with Crippen molar-refractivity contribution in [2.75, 3.05) is 30.4 Å². The minimum absolute atomic E-state index is 0.0340. The Kier molecular flexibility index (Phi) is 5.91. The highest BCUT2D eigenvalue weighted by molar-refractivity contribution is 7.92. The highest BCUT2D eigenvalue weighted by Gasteiger charge is 2.20. The number of sulfonamides is 1. The fourth-order valence-corrected chi connectivity index (χ4v) is 4.37. The average Bonchev–Trinajstić information content (AvgIpc) is 2.79. The normalized spacial score (nSPS) is 12.7. The number of nitrogens with one attached hydrogen (secondary N) is 2. The van der Waals surface area contributed by atoms with Gasteiger partial charge in [-0.15, -0.1) is 0 Å². The van der Waals surface area contributed by atoms with Crippen LogP contribution in [0.1, 0.15) is 15.9 Å². The molecule has 1 amide bonds. The molecule has 166 valence electrons. The van der Waals surface area contributed by atoms with Crippen LogP contribution in [0, 0.1) is 6.92 Å². The molecule has 0 atom stereocenters. The van der Waals surface area contributed by atoms with Crippen LogP contribution in [0.5, 0.6) is 17.2 Å². The summed E-state index contributed by atoms with van der Waals surface area (Å²) in [6.07, 6.45) is 0. The lowest BCUT2D eigenvalue weighted by molar-refractivity contribution is 0.102. The Balaban J connectivity index is 1.61. The van der Waals surface area contributed by atoms with Crippen molar-refractivity contribution in [3.05, 3.63) is 71.8 Å². The van der Waals surface area contributed by atoms with Gasteiger partial charge in [0.25, 0.3) is 15.9 Å². The first kappa shape index (κ1) is 21.5. The number of amides is 1. The monoisotopic (exact) mass is 454 g/mol. The molecule has 0 spiro atoms. The molecule has 9 heteroatoms. The lowest BCUT2D eigenvalue weighted by Crippen LogP contribution is -2.17. The van der Waals surface area contributed by atoms with Gasteiger partial charge in [-0.2, -0.15) is 0 Å². The SMILES string of the molecule is COc1ccc(S(=O)(=O)Nc2ccc3c(c2)OCCO3)cc1NC(=O)c1ccccc1C. The summed E-state index contributed by atoms with van der Waals surface area (Å²) >= 11 is 0. The molecule has 3 aromatic rings. The average molecular weight is 455 g/mol. The predicted octanol–water partition coefficient (Wildman–Crippen LogP) is 3.83. The third-order valence-corrected chi connectivity index (χ3v) is 6.29. The first-order valence-corrected chi connectivity index (χ1v) is 11.3. The number of rotatable bonds is 6. The molecule has 1 aliphatic rings. The van der Waals surface area contributed by atoms with E-state index in [1.54, 1.807) is 30.3 Å². The van der Waals surface area contributed by atoms with E-state index >= 15 is 0 Å². The summed E-state index contributed by atoms with van der Waals surface area (Å²) in [6.45, 7) is 2.66. The maximum Gasteiger partial charge on any atom is 0.261 e. The molecular formula is C23H22N2O6S. The number of ether oxygens (including phenoxy) is 3. The minimum atomic E-state index is -3.95. The zero-order chi connectivity index (χ0) is 22.7. The first-order valence-electron chi connectivity index (χ1n) is 9.85. The van der Waals surface area contributed by atoms with Gasteiger partial charge in [-0.1, -0.05) is 18.2 Å². The molecule has 0 aliphatic carbocycles.